The molecule has 0 saturated heterocycles. The lowest BCUT2D eigenvalue weighted by Gasteiger charge is -2.16. The quantitative estimate of drug-likeness (QED) is 0.704. The van der Waals surface area contributed by atoms with E-state index in [4.69, 9.17) is 4.74 Å². The van der Waals surface area contributed by atoms with Crippen LogP contribution in [0.5, 0.6) is 6.01 Å². The summed E-state index contributed by atoms with van der Waals surface area (Å²) in [5.74, 6) is 1.10. The Kier molecular flexibility index (Phi) is 5.34. The maximum atomic E-state index is 5.36. The molecule has 7 heteroatoms. The Labute approximate surface area is 120 Å². The first-order valence-electron chi connectivity index (χ1n) is 7.29. The van der Waals surface area contributed by atoms with Gasteiger partial charge in [-0.1, -0.05) is 0 Å². The van der Waals surface area contributed by atoms with E-state index in [1.165, 1.54) is 12.8 Å². The van der Waals surface area contributed by atoms with Crippen LogP contribution < -0.4 is 15.4 Å². The molecule has 0 aromatic carbocycles. The highest BCUT2D eigenvalue weighted by atomic mass is 16.5. The van der Waals surface area contributed by atoms with Crippen molar-refractivity contribution in [3.63, 3.8) is 0 Å². The van der Waals surface area contributed by atoms with Crippen molar-refractivity contribution in [1.82, 2.24) is 19.9 Å². The molecule has 0 radical (unpaired) electrons. The number of nitrogens with one attached hydrogen (secondary N) is 2. The summed E-state index contributed by atoms with van der Waals surface area (Å²) in [6.45, 7) is 7.01. The van der Waals surface area contributed by atoms with Gasteiger partial charge in [0.15, 0.2) is 0 Å². The van der Waals surface area contributed by atoms with Crippen LogP contribution in [0, 0.1) is 0 Å². The van der Waals surface area contributed by atoms with Crippen LogP contribution in [0.1, 0.15) is 26.7 Å². The van der Waals surface area contributed by atoms with Crippen LogP contribution in [0.3, 0.4) is 0 Å². The number of anilines is 2. The molecule has 1 aromatic rings. The van der Waals surface area contributed by atoms with Gasteiger partial charge in [-0.3, -0.25) is 0 Å². The zero-order valence-corrected chi connectivity index (χ0v) is 12.5. The van der Waals surface area contributed by atoms with E-state index in [0.29, 0.717) is 24.5 Å². The summed E-state index contributed by atoms with van der Waals surface area (Å²) in [7, 11) is 2.16. The van der Waals surface area contributed by atoms with Crippen molar-refractivity contribution < 1.29 is 4.74 Å². The third kappa shape index (κ3) is 4.48. The molecule has 0 bridgehead atoms. The van der Waals surface area contributed by atoms with Gasteiger partial charge in [0.05, 0.1) is 6.61 Å². The lowest BCUT2D eigenvalue weighted by atomic mass is 10.5. The number of nitrogens with zero attached hydrogens (tertiary/aromatic N) is 4. The lowest BCUT2D eigenvalue weighted by Crippen LogP contribution is -2.27. The lowest BCUT2D eigenvalue weighted by molar-refractivity contribution is 0.312. The molecule has 7 nitrogen and oxygen atoms in total. The summed E-state index contributed by atoms with van der Waals surface area (Å²) in [5, 5.41) is 6.31. The fourth-order valence-electron chi connectivity index (χ4n) is 1.91. The normalized spacial score (nSPS) is 14.4. The smallest absolute Gasteiger partial charge is 0.323 e. The van der Waals surface area contributed by atoms with Gasteiger partial charge in [-0.15, -0.1) is 0 Å². The molecule has 1 aromatic heterocycles. The van der Waals surface area contributed by atoms with E-state index >= 15 is 0 Å². The fourth-order valence-corrected chi connectivity index (χ4v) is 1.91. The second-order valence-electron chi connectivity index (χ2n) is 4.87. The predicted octanol–water partition coefficient (Wildman–Crippen LogP) is 1.21. The molecular formula is C13H24N6O. The van der Waals surface area contributed by atoms with Crippen LogP contribution in [0.15, 0.2) is 0 Å². The first kappa shape index (κ1) is 14.8. The van der Waals surface area contributed by atoms with Gasteiger partial charge in [0, 0.05) is 25.7 Å². The zero-order chi connectivity index (χ0) is 14.4. The van der Waals surface area contributed by atoms with E-state index in [1.807, 2.05) is 13.8 Å². The van der Waals surface area contributed by atoms with Crippen molar-refractivity contribution >= 4 is 11.9 Å². The molecule has 20 heavy (non-hydrogen) atoms. The highest BCUT2D eigenvalue weighted by molar-refractivity contribution is 5.35. The number of rotatable bonds is 9. The van der Waals surface area contributed by atoms with Crippen LogP contribution >= 0.6 is 0 Å². The van der Waals surface area contributed by atoms with Gasteiger partial charge in [-0.05, 0) is 33.7 Å². The van der Waals surface area contributed by atoms with E-state index in [0.717, 1.165) is 25.7 Å². The van der Waals surface area contributed by atoms with Crippen LogP contribution in [0.2, 0.25) is 0 Å². The Morgan fingerprint density at radius 1 is 1.15 bits per heavy atom. The minimum absolute atomic E-state index is 0.358. The molecule has 0 unspecified atom stereocenters. The molecular weight excluding hydrogens is 256 g/mol. The van der Waals surface area contributed by atoms with Crippen molar-refractivity contribution in [3.8, 4) is 6.01 Å². The van der Waals surface area contributed by atoms with Gasteiger partial charge < -0.3 is 20.3 Å². The Hall–Kier alpha value is -1.63. The van der Waals surface area contributed by atoms with Crippen LogP contribution in [-0.2, 0) is 0 Å². The Morgan fingerprint density at radius 3 is 2.45 bits per heavy atom. The van der Waals surface area contributed by atoms with Crippen molar-refractivity contribution in [2.75, 3.05) is 43.9 Å². The molecule has 1 saturated carbocycles. The van der Waals surface area contributed by atoms with Gasteiger partial charge in [0.1, 0.15) is 0 Å². The number of likely N-dealkylation sites (N-methyl/N-ethyl adjacent to an activating group) is 1. The Balaban J connectivity index is 1.90. The van der Waals surface area contributed by atoms with E-state index in [9.17, 15) is 0 Å². The molecule has 1 aliphatic rings. The molecule has 0 amide bonds. The molecule has 0 spiro atoms. The van der Waals surface area contributed by atoms with Crippen molar-refractivity contribution in [2.45, 2.75) is 32.7 Å². The first-order chi connectivity index (χ1) is 9.72. The number of aromatic nitrogens is 3. The van der Waals surface area contributed by atoms with Crippen LogP contribution in [0.4, 0.5) is 11.9 Å². The van der Waals surface area contributed by atoms with E-state index in [1.54, 1.807) is 0 Å². The van der Waals surface area contributed by atoms with Gasteiger partial charge in [0.2, 0.25) is 11.9 Å². The summed E-state index contributed by atoms with van der Waals surface area (Å²) >= 11 is 0. The van der Waals surface area contributed by atoms with Crippen molar-refractivity contribution in [3.05, 3.63) is 0 Å². The summed E-state index contributed by atoms with van der Waals surface area (Å²) in [6.07, 6.45) is 2.64. The van der Waals surface area contributed by atoms with E-state index < -0.39 is 0 Å². The van der Waals surface area contributed by atoms with Crippen molar-refractivity contribution in [2.24, 2.45) is 0 Å². The van der Waals surface area contributed by atoms with Crippen LogP contribution in [0.25, 0.3) is 0 Å². The fraction of sp³-hybridized carbons (Fsp3) is 0.769. The SMILES string of the molecule is CCNc1nc(NCCN(C)C2CC2)nc(OCC)n1. The highest BCUT2D eigenvalue weighted by Crippen LogP contribution is 2.24. The average Bonchev–Trinajstić information content (AvgIpc) is 3.23. The number of hydrogen-bond donors (Lipinski definition) is 2. The second kappa shape index (κ2) is 7.23. The number of hydrogen-bond acceptors (Lipinski definition) is 7. The van der Waals surface area contributed by atoms with Gasteiger partial charge in [-0.25, -0.2) is 0 Å². The molecule has 112 valence electrons. The maximum absolute atomic E-state index is 5.36. The average molecular weight is 280 g/mol. The first-order valence-corrected chi connectivity index (χ1v) is 7.29. The third-order valence-electron chi connectivity index (χ3n) is 3.14. The molecule has 1 aliphatic carbocycles. The highest BCUT2D eigenvalue weighted by Gasteiger charge is 2.25. The molecule has 1 fully saturated rings. The minimum atomic E-state index is 0.358. The summed E-state index contributed by atoms with van der Waals surface area (Å²) in [4.78, 5) is 15.1. The summed E-state index contributed by atoms with van der Waals surface area (Å²) in [6, 6.07) is 1.13. The molecule has 1 heterocycles. The molecule has 0 aliphatic heterocycles. The zero-order valence-electron chi connectivity index (χ0n) is 12.5. The Bertz CT molecular complexity index is 399. The van der Waals surface area contributed by atoms with Crippen molar-refractivity contribution in [1.29, 1.82) is 0 Å². The largest absolute Gasteiger partial charge is 0.464 e. The summed E-state index contributed by atoms with van der Waals surface area (Å²) < 4.78 is 5.36. The standard InChI is InChI=1S/C13H24N6O/c1-4-14-11-16-12(18-13(17-11)20-5-2)15-8-9-19(3)10-6-7-10/h10H,4-9H2,1-3H3,(H2,14,15,16,17,18). The topological polar surface area (TPSA) is 75.2 Å². The van der Waals surface area contributed by atoms with E-state index in [-0.39, 0.29) is 0 Å². The van der Waals surface area contributed by atoms with Gasteiger partial charge >= 0.3 is 6.01 Å². The number of ether oxygens (including phenoxy) is 1. The maximum Gasteiger partial charge on any atom is 0.323 e. The molecule has 2 rings (SSSR count). The predicted molar refractivity (Wildman–Crippen MR) is 79.3 cm³/mol. The van der Waals surface area contributed by atoms with Crippen LogP contribution in [-0.4, -0.2) is 59.2 Å². The Morgan fingerprint density at radius 2 is 1.85 bits per heavy atom. The van der Waals surface area contributed by atoms with Gasteiger partial charge in [-0.2, -0.15) is 15.0 Å². The second-order valence-corrected chi connectivity index (χ2v) is 4.87. The third-order valence-corrected chi connectivity index (χ3v) is 3.14. The molecule has 0 atom stereocenters. The molecule has 2 N–H and O–H groups in total. The monoisotopic (exact) mass is 280 g/mol. The van der Waals surface area contributed by atoms with Gasteiger partial charge in [0.25, 0.3) is 0 Å². The van der Waals surface area contributed by atoms with E-state index in [2.05, 4.69) is 37.5 Å². The minimum Gasteiger partial charge on any atom is -0.464 e. The summed E-state index contributed by atoms with van der Waals surface area (Å²) in [5.41, 5.74) is 0.